The third kappa shape index (κ3) is 18.1. The Balaban J connectivity index is 0.682. The molecule has 27 nitrogen and oxygen atoms in total. The van der Waals surface area contributed by atoms with Crippen LogP contribution in [0.5, 0.6) is 0 Å². The van der Waals surface area contributed by atoms with Crippen LogP contribution in [0.3, 0.4) is 0 Å². The summed E-state index contributed by atoms with van der Waals surface area (Å²) in [6, 6.07) is 3.97. The summed E-state index contributed by atoms with van der Waals surface area (Å²) in [5.41, 5.74) is 11.4. The number of ether oxygens (including phenoxy) is 7. The number of hydrogen-bond donors (Lipinski definition) is 11. The fourth-order valence-corrected chi connectivity index (χ4v) is 17.9. The van der Waals surface area contributed by atoms with Crippen LogP contribution in [-0.2, 0) is 58.9 Å². The Bertz CT molecular complexity index is 3290. The fourth-order valence-electron chi connectivity index (χ4n) is 15.9. The summed E-state index contributed by atoms with van der Waals surface area (Å²) in [6.07, 6.45) is 7.18. The van der Waals surface area contributed by atoms with E-state index in [2.05, 4.69) is 95.0 Å². The second-order valence-corrected chi connectivity index (χ2v) is 31.9. The Morgan fingerprint density at radius 2 is 1.60 bits per heavy atom. The van der Waals surface area contributed by atoms with Gasteiger partial charge >= 0.3 is 5.97 Å². The molecule has 9 rings (SSSR count). The molecule has 3 aromatic rings. The molecule has 0 aliphatic carbocycles. The van der Waals surface area contributed by atoms with Crippen molar-refractivity contribution < 1.29 is 72.5 Å². The number of nitrogens with one attached hydrogen (secondary N) is 6. The highest BCUT2D eigenvalue weighted by molar-refractivity contribution is 8.76. The Morgan fingerprint density at radius 3 is 2.32 bits per heavy atom. The maximum absolute atomic E-state index is 13.8. The van der Waals surface area contributed by atoms with E-state index in [9.17, 15) is 44.1 Å². The molecule has 6 fully saturated rings. The van der Waals surface area contributed by atoms with Gasteiger partial charge in [-0.05, 0) is 134 Å². The fraction of sp³-hybridized carbons (Fsp3) is 0.754. The minimum atomic E-state index is -1.60. The molecule has 6 aliphatic rings. The molecular weight excluding hydrogens is 1300 g/mol. The van der Waals surface area contributed by atoms with E-state index in [1.54, 1.807) is 38.3 Å². The number of benzene rings is 1. The third-order valence-corrected chi connectivity index (χ3v) is 23.9. The maximum Gasteiger partial charge on any atom is 0.327 e. The van der Waals surface area contributed by atoms with Crippen molar-refractivity contribution in [2.45, 2.75) is 249 Å². The number of carboxylic acid groups (broad SMARTS) is 1. The van der Waals surface area contributed by atoms with Gasteiger partial charge in [-0.2, -0.15) is 4.98 Å². The molecule has 4 amide bonds. The van der Waals surface area contributed by atoms with E-state index in [0.717, 1.165) is 44.9 Å². The van der Waals surface area contributed by atoms with E-state index in [-0.39, 0.29) is 151 Å². The summed E-state index contributed by atoms with van der Waals surface area (Å²) >= 11 is 0. The van der Waals surface area contributed by atoms with Crippen LogP contribution in [0.15, 0.2) is 35.3 Å². The molecule has 98 heavy (non-hydrogen) atoms. The van der Waals surface area contributed by atoms with Gasteiger partial charge in [0.2, 0.25) is 23.7 Å². The number of aromatic nitrogens is 4. The highest BCUT2D eigenvalue weighted by Crippen LogP contribution is 2.57. The number of amides is 4. The van der Waals surface area contributed by atoms with Crippen molar-refractivity contribution in [3.63, 3.8) is 0 Å². The Morgan fingerprint density at radius 1 is 0.847 bits per heavy atom. The maximum atomic E-state index is 13.8. The summed E-state index contributed by atoms with van der Waals surface area (Å²) in [4.78, 5) is 93.2. The topological polar surface area (TPSA) is 394 Å². The molecule has 0 saturated carbocycles. The van der Waals surface area contributed by atoms with Crippen LogP contribution in [0.2, 0.25) is 0 Å². The van der Waals surface area contributed by atoms with E-state index >= 15 is 0 Å². The zero-order valence-corrected chi connectivity index (χ0v) is 60.3. The number of nitrogens with zero attached hydrogens (tertiary/aromatic N) is 3. The molecule has 22 atom stereocenters. The monoisotopic (exact) mass is 1410 g/mol. The number of anilines is 2. The van der Waals surface area contributed by atoms with Crippen LogP contribution >= 0.6 is 21.6 Å². The first-order valence-electron chi connectivity index (χ1n) is 35.1. The molecule has 1 spiro atoms. The predicted octanol–water partition coefficient (Wildman–Crippen LogP) is 5.73. The van der Waals surface area contributed by atoms with Gasteiger partial charge in [0.25, 0.3) is 11.5 Å². The molecule has 2 aromatic heterocycles. The highest BCUT2D eigenvalue weighted by atomic mass is 33.1. The molecule has 6 saturated heterocycles. The molecule has 0 bridgehead atoms. The lowest BCUT2D eigenvalue weighted by Gasteiger charge is -2.50. The van der Waals surface area contributed by atoms with Crippen molar-refractivity contribution in [3.05, 3.63) is 52.1 Å². The molecule has 6 aliphatic heterocycles. The SMILES string of the molecule is CO[C@@H]1C[C@@H](C[C@H]2CC[C@H](C)C([C@@H](C)C(=O)NCCSSC[C@H](NC(=O)C(CCCN)NC(=O)CC[C@@H](C)NC(=O)c3ccc(NCc4cnc5nc(N)[nH]c(=O)c5n4)cc3)C(=O)O)O2)O[C@]2(O[C@@](C)(C3CC[C@@](C)([C@@H]4O[C@@H]([C@@H]5O[C@@](O)(CO)[C@H](C)C[C@@H]5C)C[C@@H]4C)O3)C[C@H]2C)[C@@H]1C. The second-order valence-electron chi connectivity index (χ2n) is 29.2. The van der Waals surface area contributed by atoms with E-state index in [4.69, 9.17) is 44.6 Å². The largest absolute Gasteiger partial charge is 0.480 e. The number of carboxylic acids is 1. The minimum absolute atomic E-state index is 0.0123. The van der Waals surface area contributed by atoms with E-state index in [1.807, 2.05) is 13.8 Å². The van der Waals surface area contributed by atoms with Gasteiger partial charge in [0.1, 0.15) is 12.1 Å². The number of fused-ring (bicyclic) bond motifs is 1. The van der Waals surface area contributed by atoms with Crippen LogP contribution in [-0.4, -0.2) is 193 Å². The van der Waals surface area contributed by atoms with Crippen LogP contribution in [0.1, 0.15) is 169 Å². The lowest BCUT2D eigenvalue weighted by molar-refractivity contribution is -0.353. The number of aliphatic carboxylic acids is 1. The standard InChI is InChI=1S/C69H107N11O16S2/c1-36-14-20-47(29-48-30-51(90-11)43(8)69(93-48)40(5)31-67(10,96-69)53-22-23-66(9,94-53)58-38(3)28-52(92-58)57-37(2)27-39(4)68(89,35-81)95-57)91-56(36)42(7)60(83)72-25-26-97-98-34-50(64(87)88)78-62(85)49(13-12-24-70)77-54(82)21-15-41(6)75-61(84)44-16-18-45(19-17-44)73-32-46-33-74-59-55(76-46)63(86)80-65(71)79-59/h16-19,33,36-43,47-53,56-58,73,81,89H,12-15,20-32,34-35,70H2,1-11H3,(H,72,83)(H,75,84)(H,77,82)(H,78,85)(H,87,88)(H3,71,74,79,80,86)/t36-,37-,38-,39+,40+,41+,42+,43+,47+,48+,49?,50-,51+,52+,53?,56?,57+,58+,66-,67+,68-,69+/m0/s1. The molecule has 3 unspecified atom stereocenters. The summed E-state index contributed by atoms with van der Waals surface area (Å²) in [6.45, 7) is 21.0. The summed E-state index contributed by atoms with van der Waals surface area (Å²) in [5, 5.41) is 45.8. The minimum Gasteiger partial charge on any atom is -0.480 e. The van der Waals surface area contributed by atoms with Crippen molar-refractivity contribution in [2.24, 2.45) is 47.2 Å². The van der Waals surface area contributed by atoms with Crippen LogP contribution in [0.4, 0.5) is 11.6 Å². The van der Waals surface area contributed by atoms with Gasteiger partial charge in [0.15, 0.2) is 22.7 Å². The molecule has 13 N–H and O–H groups in total. The van der Waals surface area contributed by atoms with Crippen molar-refractivity contribution in [3.8, 4) is 0 Å². The lowest BCUT2D eigenvalue weighted by Crippen LogP contribution is -2.58. The number of H-pyrrole nitrogens is 1. The van der Waals surface area contributed by atoms with Crippen LogP contribution in [0, 0.1) is 41.4 Å². The lowest BCUT2D eigenvalue weighted by atomic mass is 9.78. The van der Waals surface area contributed by atoms with E-state index < -0.39 is 76.8 Å². The average Bonchev–Trinajstić information content (AvgIpc) is 1.56. The molecular formula is C69H107N11O16S2. The van der Waals surface area contributed by atoms with Gasteiger partial charge in [-0.15, -0.1) is 0 Å². The molecule has 29 heteroatoms. The number of hydrogen-bond acceptors (Lipinski definition) is 23. The quantitative estimate of drug-likeness (QED) is 0.0280. The number of aromatic amines is 1. The normalized spacial score (nSPS) is 34.6. The van der Waals surface area contributed by atoms with Gasteiger partial charge in [-0.1, -0.05) is 70.1 Å². The van der Waals surface area contributed by atoms with Gasteiger partial charge < -0.3 is 86.5 Å². The Labute approximate surface area is 582 Å². The number of nitrogens with two attached hydrogens (primary N) is 2. The number of carbonyl (C=O) groups excluding carboxylic acids is 4. The first-order valence-corrected chi connectivity index (χ1v) is 37.6. The number of aliphatic hydroxyl groups excluding tert-OH is 1. The van der Waals surface area contributed by atoms with Gasteiger partial charge in [0, 0.05) is 79.5 Å². The zero-order chi connectivity index (χ0) is 71.0. The first kappa shape index (κ1) is 76.9. The van der Waals surface area contributed by atoms with Crippen molar-refractivity contribution >= 4 is 74.0 Å². The molecule has 0 radical (unpaired) electrons. The van der Waals surface area contributed by atoms with Crippen LogP contribution < -0.4 is 43.6 Å². The molecule has 8 heterocycles. The number of rotatable bonds is 30. The highest BCUT2D eigenvalue weighted by Gasteiger charge is 2.65. The Hall–Kier alpha value is -5.31. The van der Waals surface area contributed by atoms with Crippen molar-refractivity contribution in [1.29, 1.82) is 0 Å². The van der Waals surface area contributed by atoms with Gasteiger partial charge in [0.05, 0.1) is 91.0 Å². The number of aliphatic hydroxyl groups is 2. The zero-order valence-electron chi connectivity index (χ0n) is 58.7. The molecule has 546 valence electrons. The van der Waals surface area contributed by atoms with Crippen LogP contribution in [0.25, 0.3) is 11.2 Å². The van der Waals surface area contributed by atoms with Crippen molar-refractivity contribution in [1.82, 2.24) is 41.2 Å². The third-order valence-electron chi connectivity index (χ3n) is 21.5. The average molecular weight is 1410 g/mol. The van der Waals surface area contributed by atoms with Gasteiger partial charge in [-0.3, -0.25) is 29.0 Å². The number of nitrogen functional groups attached to an aromatic ring is 1. The molecule has 1 aromatic carbocycles. The van der Waals surface area contributed by atoms with Gasteiger partial charge in [-0.25, -0.2) is 14.8 Å². The Kier molecular flexibility index (Phi) is 26.0. The van der Waals surface area contributed by atoms with Crippen molar-refractivity contribution in [2.75, 3.05) is 49.4 Å². The number of carbonyl (C=O) groups is 5. The number of methoxy groups -OCH3 is 1. The summed E-state index contributed by atoms with van der Waals surface area (Å²) < 4.78 is 48.0. The summed E-state index contributed by atoms with van der Waals surface area (Å²) in [7, 11) is 4.37. The summed E-state index contributed by atoms with van der Waals surface area (Å²) in [5.74, 6) is -5.24. The second kappa shape index (κ2) is 33.2. The first-order chi connectivity index (χ1) is 46.5. The predicted molar refractivity (Wildman–Crippen MR) is 371 cm³/mol. The van der Waals surface area contributed by atoms with E-state index in [1.165, 1.54) is 27.8 Å². The smallest absolute Gasteiger partial charge is 0.327 e. The van der Waals surface area contributed by atoms with E-state index in [0.29, 0.717) is 48.5 Å².